The lowest BCUT2D eigenvalue weighted by Gasteiger charge is -2.43. The van der Waals surface area contributed by atoms with Crippen molar-refractivity contribution in [2.24, 2.45) is 0 Å². The van der Waals surface area contributed by atoms with Gasteiger partial charge in [-0.05, 0) is 74.0 Å². The minimum absolute atomic E-state index is 0.0445. The minimum atomic E-state index is -0.112. The maximum Gasteiger partial charge on any atom is 0.110 e. The third kappa shape index (κ3) is 5.14. The lowest BCUT2D eigenvalue weighted by atomic mass is 9.81. The van der Waals surface area contributed by atoms with Gasteiger partial charge >= 0.3 is 0 Å². The third-order valence-electron chi connectivity index (χ3n) is 10.7. The molecular formula is C45H41N5. The summed E-state index contributed by atoms with van der Waals surface area (Å²) in [4.78, 5) is 2.29. The van der Waals surface area contributed by atoms with E-state index in [9.17, 15) is 0 Å². The van der Waals surface area contributed by atoms with Crippen LogP contribution in [0.2, 0.25) is 0 Å². The molecule has 4 unspecified atom stereocenters. The van der Waals surface area contributed by atoms with Crippen molar-refractivity contribution in [3.8, 4) is 11.1 Å². The van der Waals surface area contributed by atoms with Crippen LogP contribution in [0, 0.1) is 0 Å². The van der Waals surface area contributed by atoms with E-state index in [0.29, 0.717) is 0 Å². The van der Waals surface area contributed by atoms with Crippen LogP contribution in [-0.2, 0) is 5.41 Å². The van der Waals surface area contributed by atoms with Crippen LogP contribution in [0.1, 0.15) is 54.0 Å². The molecule has 0 amide bonds. The standard InChI is InChI=1S/C45H41N5/c1-29-15-11-12-26-50(40-28-38-36(27-35(29)40)33-21-9-10-23-37(33)45(38,2)3)41-25-14-24-39(46-41)44-48-42(31-17-5-4-6-18-31)47-43(49-44)34-22-13-19-30-16-7-8-20-32(30)34/h4-28,39,42-44,46-49H,1H2,2-3H3/b15-11-,26-12-. The van der Waals surface area contributed by atoms with Crippen molar-refractivity contribution < 1.29 is 0 Å². The Bertz CT molecular complexity index is 2250. The molecule has 0 radical (unpaired) electrons. The van der Waals surface area contributed by atoms with Crippen LogP contribution in [0.4, 0.5) is 5.69 Å². The third-order valence-corrected chi connectivity index (χ3v) is 10.7. The van der Waals surface area contributed by atoms with E-state index in [4.69, 9.17) is 0 Å². The summed E-state index contributed by atoms with van der Waals surface area (Å²) in [7, 11) is 0. The molecule has 4 aliphatic rings. The van der Waals surface area contributed by atoms with E-state index in [1.165, 1.54) is 44.2 Å². The van der Waals surface area contributed by atoms with Crippen molar-refractivity contribution in [1.82, 2.24) is 21.3 Å². The largest absolute Gasteiger partial charge is 0.362 e. The Kier molecular flexibility index (Phi) is 7.43. The first-order chi connectivity index (χ1) is 24.5. The molecular weight excluding hydrogens is 611 g/mol. The number of fused-ring (bicyclic) bond motifs is 5. The van der Waals surface area contributed by atoms with E-state index >= 15 is 0 Å². The smallest absolute Gasteiger partial charge is 0.110 e. The van der Waals surface area contributed by atoms with Crippen molar-refractivity contribution in [1.29, 1.82) is 0 Å². The number of anilines is 1. The van der Waals surface area contributed by atoms with Gasteiger partial charge in [-0.1, -0.05) is 142 Å². The number of hydrogen-bond acceptors (Lipinski definition) is 5. The molecule has 3 heterocycles. The van der Waals surface area contributed by atoms with Crippen molar-refractivity contribution >= 4 is 22.0 Å². The lowest BCUT2D eigenvalue weighted by Crippen LogP contribution is -2.65. The van der Waals surface area contributed by atoms with Gasteiger partial charge in [-0.15, -0.1) is 0 Å². The van der Waals surface area contributed by atoms with E-state index in [2.05, 4.69) is 198 Å². The zero-order valence-electron chi connectivity index (χ0n) is 28.4. The average Bonchev–Trinajstić information content (AvgIpc) is 3.38. The Hall–Kier alpha value is -5.46. The number of rotatable bonds is 4. The zero-order chi connectivity index (χ0) is 33.8. The highest BCUT2D eigenvalue weighted by atomic mass is 15.4. The molecule has 1 fully saturated rings. The van der Waals surface area contributed by atoms with Gasteiger partial charge in [-0.3, -0.25) is 16.0 Å². The Morgan fingerprint density at radius 2 is 1.46 bits per heavy atom. The van der Waals surface area contributed by atoms with Crippen LogP contribution in [-0.4, -0.2) is 12.2 Å². The Labute approximate surface area is 294 Å². The fourth-order valence-corrected chi connectivity index (χ4v) is 8.16. The SMILES string of the molecule is C=C1/C=C\C=C/N(C2=CC=CC(C3NC(c4ccccc4)NC(c4cccc5ccccc45)N3)N2)c2cc3c(cc21)-c1ccccc1C3(C)C. The van der Waals surface area contributed by atoms with Crippen LogP contribution < -0.4 is 26.2 Å². The fraction of sp³-hybridized carbons (Fsp3) is 0.156. The number of hydrogen-bond donors (Lipinski definition) is 4. The van der Waals surface area contributed by atoms with Gasteiger partial charge < -0.3 is 10.2 Å². The normalized spacial score (nSPS) is 24.6. The summed E-state index contributed by atoms with van der Waals surface area (Å²) in [5.74, 6) is 1.01. The molecule has 0 bridgehead atoms. The Balaban J connectivity index is 1.07. The van der Waals surface area contributed by atoms with Crippen LogP contribution in [0.25, 0.3) is 27.5 Å². The molecule has 5 nitrogen and oxygen atoms in total. The molecule has 9 rings (SSSR count). The van der Waals surface area contributed by atoms with Gasteiger partial charge in [0.2, 0.25) is 0 Å². The summed E-state index contributed by atoms with van der Waals surface area (Å²) in [5.41, 5.74) is 10.9. The molecule has 5 aromatic carbocycles. The molecule has 0 saturated carbocycles. The zero-order valence-corrected chi connectivity index (χ0v) is 28.4. The van der Waals surface area contributed by atoms with Crippen molar-refractivity contribution in [3.05, 3.63) is 192 Å². The fourth-order valence-electron chi connectivity index (χ4n) is 8.16. The number of benzene rings is 5. The molecule has 4 atom stereocenters. The summed E-state index contributed by atoms with van der Waals surface area (Å²) < 4.78 is 0. The minimum Gasteiger partial charge on any atom is -0.362 e. The highest BCUT2D eigenvalue weighted by Crippen LogP contribution is 2.51. The van der Waals surface area contributed by atoms with Crippen molar-refractivity contribution in [3.63, 3.8) is 0 Å². The van der Waals surface area contributed by atoms with Crippen molar-refractivity contribution in [2.45, 2.75) is 43.8 Å². The predicted octanol–water partition coefficient (Wildman–Crippen LogP) is 8.92. The highest BCUT2D eigenvalue weighted by Gasteiger charge is 2.38. The number of allylic oxidation sites excluding steroid dienone is 6. The van der Waals surface area contributed by atoms with E-state index in [0.717, 1.165) is 22.6 Å². The second kappa shape index (κ2) is 12.1. The predicted molar refractivity (Wildman–Crippen MR) is 207 cm³/mol. The molecule has 0 spiro atoms. The monoisotopic (exact) mass is 651 g/mol. The molecule has 4 N–H and O–H groups in total. The maximum atomic E-state index is 4.51. The van der Waals surface area contributed by atoms with E-state index in [-0.39, 0.29) is 30.0 Å². The second-order valence-electron chi connectivity index (χ2n) is 14.1. The number of dihydropyridines is 1. The van der Waals surface area contributed by atoms with Crippen LogP contribution in [0.15, 0.2) is 164 Å². The Morgan fingerprint density at radius 1 is 0.680 bits per heavy atom. The van der Waals surface area contributed by atoms with Crippen LogP contribution in [0.3, 0.4) is 0 Å². The van der Waals surface area contributed by atoms with Gasteiger partial charge in [0, 0.05) is 17.2 Å². The van der Waals surface area contributed by atoms with Gasteiger partial charge in [0.25, 0.3) is 0 Å². The van der Waals surface area contributed by atoms with E-state index in [1.807, 2.05) is 0 Å². The number of nitrogens with one attached hydrogen (secondary N) is 4. The summed E-state index contributed by atoms with van der Waals surface area (Å²) in [6, 6.07) is 39.3. The first-order valence-corrected chi connectivity index (χ1v) is 17.5. The summed E-state index contributed by atoms with van der Waals surface area (Å²) in [5, 5.41) is 18.1. The first-order valence-electron chi connectivity index (χ1n) is 17.5. The maximum absolute atomic E-state index is 4.51. The lowest BCUT2D eigenvalue weighted by molar-refractivity contribution is 0.184. The van der Waals surface area contributed by atoms with Crippen LogP contribution >= 0.6 is 0 Å². The average molecular weight is 652 g/mol. The van der Waals surface area contributed by atoms with Gasteiger partial charge in [0.1, 0.15) is 5.82 Å². The Morgan fingerprint density at radius 3 is 2.36 bits per heavy atom. The van der Waals surface area contributed by atoms with Crippen molar-refractivity contribution in [2.75, 3.05) is 4.90 Å². The highest BCUT2D eigenvalue weighted by molar-refractivity contribution is 5.91. The molecule has 5 heteroatoms. The molecule has 0 aromatic heterocycles. The van der Waals surface area contributed by atoms with Crippen LogP contribution in [0.5, 0.6) is 0 Å². The molecule has 3 aliphatic heterocycles. The second-order valence-corrected chi connectivity index (χ2v) is 14.1. The van der Waals surface area contributed by atoms with Gasteiger partial charge in [-0.25, -0.2) is 0 Å². The van der Waals surface area contributed by atoms with E-state index < -0.39 is 0 Å². The van der Waals surface area contributed by atoms with E-state index in [1.54, 1.807) is 0 Å². The molecule has 1 saturated heterocycles. The van der Waals surface area contributed by atoms with Gasteiger partial charge in [-0.2, -0.15) is 0 Å². The summed E-state index contributed by atoms with van der Waals surface area (Å²) in [6.45, 7) is 9.18. The quantitative estimate of drug-likeness (QED) is 0.156. The van der Waals surface area contributed by atoms with Gasteiger partial charge in [0.15, 0.2) is 0 Å². The van der Waals surface area contributed by atoms with Gasteiger partial charge in [0.05, 0.1) is 30.2 Å². The molecule has 246 valence electrons. The molecule has 1 aliphatic carbocycles. The summed E-state index contributed by atoms with van der Waals surface area (Å²) >= 11 is 0. The molecule has 50 heavy (non-hydrogen) atoms. The topological polar surface area (TPSA) is 51.4 Å². The first kappa shape index (κ1) is 30.6. The number of nitrogens with zero attached hydrogens (tertiary/aromatic N) is 1. The molecule has 5 aromatic rings. The summed E-state index contributed by atoms with van der Waals surface area (Å²) in [6.07, 6.45) is 14.8.